The highest BCUT2D eigenvalue weighted by atomic mass is 32.2. The molecule has 0 bridgehead atoms. The van der Waals surface area contributed by atoms with Gasteiger partial charge in [0.15, 0.2) is 15.1 Å². The van der Waals surface area contributed by atoms with Gasteiger partial charge in [-0.05, 0) is 57.4 Å². The van der Waals surface area contributed by atoms with E-state index in [-0.39, 0.29) is 29.0 Å². The molecule has 0 radical (unpaired) electrons. The van der Waals surface area contributed by atoms with Crippen molar-refractivity contribution in [2.24, 2.45) is 0 Å². The molecule has 1 unspecified atom stereocenters. The first-order valence-electron chi connectivity index (χ1n) is 11.8. The number of fused-ring (bicyclic) bond motifs is 2. The average molecular weight is 561 g/mol. The lowest BCUT2D eigenvalue weighted by Crippen LogP contribution is -2.42. The predicted molar refractivity (Wildman–Crippen MR) is 144 cm³/mol. The van der Waals surface area contributed by atoms with E-state index < -0.39 is 32.1 Å². The van der Waals surface area contributed by atoms with Crippen LogP contribution in [0.25, 0.3) is 31.6 Å². The van der Waals surface area contributed by atoms with E-state index >= 15 is 4.39 Å². The van der Waals surface area contributed by atoms with Crippen molar-refractivity contribution in [1.82, 2.24) is 20.6 Å². The molecule has 0 saturated heterocycles. The van der Waals surface area contributed by atoms with Gasteiger partial charge in [-0.3, -0.25) is 9.59 Å². The van der Waals surface area contributed by atoms with Crippen LogP contribution < -0.4 is 10.6 Å². The van der Waals surface area contributed by atoms with Crippen molar-refractivity contribution >= 4 is 64.8 Å². The van der Waals surface area contributed by atoms with Crippen LogP contribution in [0.3, 0.4) is 0 Å². The summed E-state index contributed by atoms with van der Waals surface area (Å²) in [5, 5.41) is 3.66. The van der Waals surface area contributed by atoms with Crippen molar-refractivity contribution in [2.45, 2.75) is 50.2 Å². The summed E-state index contributed by atoms with van der Waals surface area (Å²) in [4.78, 5) is 33.9. The van der Waals surface area contributed by atoms with Crippen LogP contribution in [-0.2, 0) is 19.4 Å². The van der Waals surface area contributed by atoms with Crippen LogP contribution in [0, 0.1) is 12.7 Å². The molecular weight excluding hydrogens is 535 g/mol. The molecule has 37 heavy (non-hydrogen) atoms. The molecule has 2 N–H and O–H groups in total. The number of benzene rings is 2. The zero-order chi connectivity index (χ0) is 26.5. The van der Waals surface area contributed by atoms with E-state index in [9.17, 15) is 18.0 Å². The number of aromatic nitrogens is 2. The Morgan fingerprint density at radius 2 is 1.81 bits per heavy atom. The fourth-order valence-corrected chi connectivity index (χ4v) is 7.53. The summed E-state index contributed by atoms with van der Waals surface area (Å²) in [7, 11) is -3.99. The number of hydrogen-bond acceptors (Lipinski definition) is 8. The summed E-state index contributed by atoms with van der Waals surface area (Å²) < 4.78 is 43.1. The Bertz CT molecular complexity index is 1640. The van der Waals surface area contributed by atoms with Gasteiger partial charge in [0, 0.05) is 17.7 Å². The molecule has 1 fully saturated rings. The SMILES string of the molecule is Cc1nc2cc(-c3cc4sc(C(C(=O)NCC(=O)NC5CC5)S(=O)(=O)C(C)C)nc4cc3F)ccc2s1. The highest BCUT2D eigenvalue weighted by molar-refractivity contribution is 7.93. The van der Waals surface area contributed by atoms with Gasteiger partial charge in [0.05, 0.1) is 37.2 Å². The van der Waals surface area contributed by atoms with Crippen LogP contribution in [0.5, 0.6) is 0 Å². The minimum atomic E-state index is -3.99. The largest absolute Gasteiger partial charge is 0.352 e. The molecule has 2 heterocycles. The maximum atomic E-state index is 15.2. The van der Waals surface area contributed by atoms with Gasteiger partial charge in [-0.1, -0.05) is 6.07 Å². The molecular formula is C25H25FN4O4S3. The molecule has 12 heteroatoms. The second-order valence-corrected chi connectivity index (χ2v) is 14.2. The summed E-state index contributed by atoms with van der Waals surface area (Å²) in [6.45, 7) is 4.54. The monoisotopic (exact) mass is 560 g/mol. The van der Waals surface area contributed by atoms with Gasteiger partial charge in [-0.2, -0.15) is 0 Å². The van der Waals surface area contributed by atoms with Crippen LogP contribution in [0.4, 0.5) is 4.39 Å². The fourth-order valence-electron chi connectivity index (χ4n) is 3.95. The molecule has 1 aliphatic rings. The third-order valence-electron chi connectivity index (χ3n) is 6.11. The van der Waals surface area contributed by atoms with Crippen molar-refractivity contribution in [3.05, 3.63) is 46.2 Å². The third kappa shape index (κ3) is 5.23. The van der Waals surface area contributed by atoms with Crippen molar-refractivity contribution in [3.63, 3.8) is 0 Å². The number of carbonyl (C=O) groups is 2. The van der Waals surface area contributed by atoms with Crippen molar-refractivity contribution < 1.29 is 22.4 Å². The van der Waals surface area contributed by atoms with Crippen LogP contribution in [0.1, 0.15) is 42.0 Å². The molecule has 2 amide bonds. The second-order valence-electron chi connectivity index (χ2n) is 9.34. The molecule has 5 rings (SSSR count). The lowest BCUT2D eigenvalue weighted by Gasteiger charge is -2.17. The average Bonchev–Trinajstić information content (AvgIpc) is 3.42. The summed E-state index contributed by atoms with van der Waals surface area (Å²) in [5.41, 5.74) is 2.00. The number of sulfone groups is 1. The number of aryl methyl sites for hydroxylation is 1. The Balaban J connectivity index is 1.49. The van der Waals surface area contributed by atoms with Gasteiger partial charge in [-0.15, -0.1) is 22.7 Å². The van der Waals surface area contributed by atoms with Crippen molar-refractivity contribution in [2.75, 3.05) is 6.54 Å². The predicted octanol–water partition coefficient (Wildman–Crippen LogP) is 4.28. The normalized spacial score (nSPS) is 14.8. The molecule has 2 aromatic carbocycles. The summed E-state index contributed by atoms with van der Waals surface area (Å²) >= 11 is 2.58. The molecule has 1 saturated carbocycles. The highest BCUT2D eigenvalue weighted by Gasteiger charge is 2.39. The Hall–Kier alpha value is -2.96. The molecule has 0 spiro atoms. The van der Waals surface area contributed by atoms with Crippen LogP contribution >= 0.6 is 22.7 Å². The number of thiazole rings is 2. The Morgan fingerprint density at radius 3 is 2.51 bits per heavy atom. The Morgan fingerprint density at radius 1 is 1.08 bits per heavy atom. The number of nitrogens with zero attached hydrogens (tertiary/aromatic N) is 2. The fraction of sp³-hybridized carbons (Fsp3) is 0.360. The van der Waals surface area contributed by atoms with E-state index in [1.54, 1.807) is 17.4 Å². The number of amides is 2. The number of carbonyl (C=O) groups excluding carboxylic acids is 2. The standard InChI is InChI=1S/C25H25FN4O4S3/c1-12(2)37(33,34)23(24(32)27-11-22(31)29-15-5-6-15)25-30-19-10-17(26)16(9-21(19)36-25)14-4-7-20-18(8-14)28-13(3)35-20/h4,7-10,12,15,23H,5-6,11H2,1-3H3,(H,27,32)(H,29,31). The summed E-state index contributed by atoms with van der Waals surface area (Å²) in [6.07, 6.45) is 1.79. The number of nitrogens with one attached hydrogen (secondary N) is 2. The maximum absolute atomic E-state index is 15.2. The van der Waals surface area contributed by atoms with Crippen LogP contribution in [-0.4, -0.2) is 48.0 Å². The van der Waals surface area contributed by atoms with Gasteiger partial charge in [0.1, 0.15) is 10.8 Å². The molecule has 1 atom stereocenters. The minimum Gasteiger partial charge on any atom is -0.352 e. The van der Waals surface area contributed by atoms with Crippen LogP contribution in [0.2, 0.25) is 0 Å². The van der Waals surface area contributed by atoms with E-state index in [0.29, 0.717) is 15.8 Å². The van der Waals surface area contributed by atoms with E-state index in [1.807, 2.05) is 25.1 Å². The van der Waals surface area contributed by atoms with Crippen molar-refractivity contribution in [1.29, 1.82) is 0 Å². The smallest absolute Gasteiger partial charge is 0.245 e. The second kappa shape index (κ2) is 9.73. The highest BCUT2D eigenvalue weighted by Crippen LogP contribution is 2.37. The first-order chi connectivity index (χ1) is 17.5. The number of rotatable bonds is 8. The Labute approximate surface area is 221 Å². The molecule has 2 aromatic heterocycles. The third-order valence-corrected chi connectivity index (χ3v) is 10.7. The lowest BCUT2D eigenvalue weighted by atomic mass is 10.0. The first-order valence-corrected chi connectivity index (χ1v) is 15.0. The summed E-state index contributed by atoms with van der Waals surface area (Å²) in [6, 6.07) is 8.52. The zero-order valence-corrected chi connectivity index (χ0v) is 22.8. The first kappa shape index (κ1) is 25.7. The van der Waals surface area contributed by atoms with Gasteiger partial charge in [0.25, 0.3) is 0 Å². The maximum Gasteiger partial charge on any atom is 0.245 e. The quantitative estimate of drug-likeness (QED) is 0.332. The molecule has 4 aromatic rings. The van der Waals surface area contributed by atoms with Gasteiger partial charge in [0.2, 0.25) is 11.8 Å². The number of halogens is 1. The summed E-state index contributed by atoms with van der Waals surface area (Å²) in [5.74, 6) is -1.72. The molecule has 0 aliphatic heterocycles. The van der Waals surface area contributed by atoms with Gasteiger partial charge < -0.3 is 10.6 Å². The lowest BCUT2D eigenvalue weighted by molar-refractivity contribution is -0.126. The van der Waals surface area contributed by atoms with Crippen LogP contribution in [0.15, 0.2) is 30.3 Å². The molecule has 1 aliphatic carbocycles. The van der Waals surface area contributed by atoms with Gasteiger partial charge >= 0.3 is 0 Å². The molecule has 8 nitrogen and oxygen atoms in total. The van der Waals surface area contributed by atoms with E-state index in [2.05, 4.69) is 20.6 Å². The van der Waals surface area contributed by atoms with E-state index in [1.165, 1.54) is 19.9 Å². The molecule has 194 valence electrons. The zero-order valence-electron chi connectivity index (χ0n) is 20.4. The minimum absolute atomic E-state index is 0.0333. The van der Waals surface area contributed by atoms with Crippen molar-refractivity contribution in [3.8, 4) is 11.1 Å². The van der Waals surface area contributed by atoms with E-state index in [4.69, 9.17) is 0 Å². The topological polar surface area (TPSA) is 118 Å². The van der Waals surface area contributed by atoms with E-state index in [0.717, 1.165) is 39.4 Å². The Kier molecular flexibility index (Phi) is 6.75. The van der Waals surface area contributed by atoms with Gasteiger partial charge in [-0.25, -0.2) is 22.8 Å². The number of hydrogen-bond donors (Lipinski definition) is 2.